The van der Waals surface area contributed by atoms with E-state index in [-0.39, 0.29) is 5.91 Å². The third-order valence-electron chi connectivity index (χ3n) is 3.84. The molecule has 0 spiro atoms. The zero-order valence-electron chi connectivity index (χ0n) is 13.4. The summed E-state index contributed by atoms with van der Waals surface area (Å²) in [6.07, 6.45) is -4.67. The number of aliphatic hydroxyl groups excluding tert-OH is 3. The maximum atomic E-state index is 11.4. The summed E-state index contributed by atoms with van der Waals surface area (Å²) in [4.78, 5) is 11.4. The highest BCUT2D eigenvalue weighted by Gasteiger charge is 2.46. The molecule has 0 saturated carbocycles. The Bertz CT molecular complexity index is 564. The van der Waals surface area contributed by atoms with Crippen LogP contribution in [0.5, 0.6) is 5.75 Å². The van der Waals surface area contributed by atoms with E-state index in [2.05, 4.69) is 5.32 Å². The second kappa shape index (κ2) is 7.27. The number of carbonyl (C=O) groups excluding carboxylic acids is 1. The van der Waals surface area contributed by atoms with Crippen molar-refractivity contribution >= 4 is 5.91 Å². The molecule has 5 atom stereocenters. The van der Waals surface area contributed by atoms with Gasteiger partial charge in [0.05, 0.1) is 6.61 Å². The Morgan fingerprint density at radius 3 is 2.61 bits per heavy atom. The maximum absolute atomic E-state index is 11.4. The van der Waals surface area contributed by atoms with E-state index >= 15 is 0 Å². The summed E-state index contributed by atoms with van der Waals surface area (Å²) in [5.41, 5.74) is 1.85. The minimum absolute atomic E-state index is 0.387. The molecule has 23 heavy (non-hydrogen) atoms. The average Bonchev–Trinajstić information content (AvgIpc) is 2.49. The molecule has 0 radical (unpaired) electrons. The highest BCUT2D eigenvalue weighted by molar-refractivity contribution is 5.73. The minimum atomic E-state index is -1.32. The lowest BCUT2D eigenvalue weighted by Gasteiger charge is -2.42. The first-order valence-electron chi connectivity index (χ1n) is 7.47. The fourth-order valence-electron chi connectivity index (χ4n) is 2.53. The van der Waals surface area contributed by atoms with Gasteiger partial charge in [-0.3, -0.25) is 4.79 Å². The van der Waals surface area contributed by atoms with E-state index in [1.165, 1.54) is 6.92 Å². The molecular formula is C16H23NO6. The number of ether oxygens (including phenoxy) is 2. The van der Waals surface area contributed by atoms with Gasteiger partial charge >= 0.3 is 0 Å². The van der Waals surface area contributed by atoms with Gasteiger partial charge in [-0.15, -0.1) is 0 Å². The molecule has 0 aliphatic carbocycles. The Labute approximate surface area is 134 Å². The number of benzene rings is 1. The van der Waals surface area contributed by atoms with Gasteiger partial charge in [0.15, 0.2) is 0 Å². The second-order valence-electron chi connectivity index (χ2n) is 5.82. The fraction of sp³-hybridized carbons (Fsp3) is 0.562. The monoisotopic (exact) mass is 325 g/mol. The average molecular weight is 325 g/mol. The molecule has 1 aromatic carbocycles. The first kappa shape index (κ1) is 17.7. The number of aliphatic hydroxyl groups is 3. The van der Waals surface area contributed by atoms with Gasteiger partial charge in [-0.25, -0.2) is 0 Å². The lowest BCUT2D eigenvalue weighted by atomic mass is 9.97. The molecule has 1 aliphatic heterocycles. The maximum Gasteiger partial charge on any atom is 0.223 e. The number of nitrogens with one attached hydrogen (secondary N) is 1. The van der Waals surface area contributed by atoms with Crippen LogP contribution in [-0.2, 0) is 9.53 Å². The molecule has 1 heterocycles. The second-order valence-corrected chi connectivity index (χ2v) is 5.82. The molecule has 0 unspecified atom stereocenters. The highest BCUT2D eigenvalue weighted by atomic mass is 16.7. The molecule has 1 amide bonds. The van der Waals surface area contributed by atoms with Gasteiger partial charge < -0.3 is 30.1 Å². The van der Waals surface area contributed by atoms with Crippen molar-refractivity contribution in [1.82, 2.24) is 5.32 Å². The van der Waals surface area contributed by atoms with E-state index in [9.17, 15) is 20.1 Å². The normalized spacial score (nSPS) is 30.8. The largest absolute Gasteiger partial charge is 0.462 e. The molecule has 0 bridgehead atoms. The number of rotatable bonds is 4. The highest BCUT2D eigenvalue weighted by Crippen LogP contribution is 2.27. The molecule has 1 aromatic rings. The van der Waals surface area contributed by atoms with Crippen LogP contribution in [0.4, 0.5) is 0 Å². The smallest absolute Gasteiger partial charge is 0.223 e. The van der Waals surface area contributed by atoms with E-state index < -0.39 is 37.3 Å². The van der Waals surface area contributed by atoms with E-state index in [0.717, 1.165) is 11.1 Å². The van der Waals surface area contributed by atoms with Crippen molar-refractivity contribution in [1.29, 1.82) is 0 Å². The molecule has 4 N–H and O–H groups in total. The first-order valence-corrected chi connectivity index (χ1v) is 7.47. The van der Waals surface area contributed by atoms with Crippen molar-refractivity contribution in [3.8, 4) is 5.75 Å². The van der Waals surface area contributed by atoms with Crippen molar-refractivity contribution in [2.45, 2.75) is 51.4 Å². The predicted molar refractivity (Wildman–Crippen MR) is 81.9 cm³/mol. The summed E-state index contributed by atoms with van der Waals surface area (Å²) in [7, 11) is 0. The van der Waals surface area contributed by atoms with Crippen LogP contribution >= 0.6 is 0 Å². The third-order valence-corrected chi connectivity index (χ3v) is 3.84. The van der Waals surface area contributed by atoms with Crippen LogP contribution in [0.25, 0.3) is 0 Å². The summed E-state index contributed by atoms with van der Waals surface area (Å²) in [5.74, 6) is 0.160. The first-order chi connectivity index (χ1) is 10.8. The number of amides is 1. The van der Waals surface area contributed by atoms with Crippen molar-refractivity contribution in [3.63, 3.8) is 0 Å². The van der Waals surface area contributed by atoms with Crippen molar-refractivity contribution in [2.75, 3.05) is 6.61 Å². The Balaban J connectivity index is 2.27. The van der Waals surface area contributed by atoms with Crippen LogP contribution in [0.3, 0.4) is 0 Å². The summed E-state index contributed by atoms with van der Waals surface area (Å²) in [6, 6.07) is 4.68. The Kier molecular flexibility index (Phi) is 5.59. The van der Waals surface area contributed by atoms with Crippen LogP contribution in [0.2, 0.25) is 0 Å². The van der Waals surface area contributed by atoms with Crippen LogP contribution in [-0.4, -0.2) is 58.5 Å². The van der Waals surface area contributed by atoms with Gasteiger partial charge in [-0.1, -0.05) is 12.1 Å². The number of aryl methyl sites for hydroxylation is 2. The Hall–Kier alpha value is -1.67. The standard InChI is InChI=1S/C16H23NO6/c1-8-4-5-9(2)11(6-8)22-16-13(17-10(3)19)15(21)14(20)12(7-18)23-16/h4-6,12-16,18,20-21H,7H2,1-3H3,(H,17,19)/t12-,13+,14+,15-,16-/m1/s1. The molecular weight excluding hydrogens is 302 g/mol. The van der Waals surface area contributed by atoms with Crippen molar-refractivity contribution in [3.05, 3.63) is 29.3 Å². The van der Waals surface area contributed by atoms with Gasteiger partial charge in [-0.05, 0) is 31.0 Å². The zero-order chi connectivity index (χ0) is 17.1. The summed E-state index contributed by atoms with van der Waals surface area (Å²) in [5, 5.41) is 32.0. The topological polar surface area (TPSA) is 108 Å². The van der Waals surface area contributed by atoms with E-state index in [1.54, 1.807) is 0 Å². The Morgan fingerprint density at radius 1 is 1.30 bits per heavy atom. The fourth-order valence-corrected chi connectivity index (χ4v) is 2.53. The van der Waals surface area contributed by atoms with Crippen molar-refractivity contribution < 1.29 is 29.6 Å². The number of carbonyl (C=O) groups is 1. The van der Waals surface area contributed by atoms with Gasteiger partial charge in [-0.2, -0.15) is 0 Å². The van der Waals surface area contributed by atoms with E-state index in [0.29, 0.717) is 5.75 Å². The zero-order valence-corrected chi connectivity index (χ0v) is 13.4. The molecule has 1 fully saturated rings. The summed E-state index contributed by atoms with van der Waals surface area (Å²) >= 11 is 0. The van der Waals surface area contributed by atoms with E-state index in [4.69, 9.17) is 9.47 Å². The lowest BCUT2D eigenvalue weighted by molar-refractivity contribution is -0.244. The molecule has 7 nitrogen and oxygen atoms in total. The Morgan fingerprint density at radius 2 is 2.00 bits per heavy atom. The SMILES string of the molecule is CC(=O)N[C@@H]1[C@H](Oc2cc(C)ccc2C)O[C@H](CO)[C@H](O)[C@@H]1O. The van der Waals surface area contributed by atoms with Crippen molar-refractivity contribution in [2.24, 2.45) is 0 Å². The third kappa shape index (κ3) is 4.00. The summed E-state index contributed by atoms with van der Waals surface area (Å²) in [6.45, 7) is 4.60. The van der Waals surface area contributed by atoms with Gasteiger partial charge in [0.2, 0.25) is 12.2 Å². The van der Waals surface area contributed by atoms with Crippen LogP contribution in [0, 0.1) is 13.8 Å². The quantitative estimate of drug-likeness (QED) is 0.601. The minimum Gasteiger partial charge on any atom is -0.462 e. The number of hydrogen-bond acceptors (Lipinski definition) is 6. The van der Waals surface area contributed by atoms with E-state index in [1.807, 2.05) is 32.0 Å². The predicted octanol–water partition coefficient (Wildman–Crippen LogP) is -0.374. The number of hydrogen-bond donors (Lipinski definition) is 4. The van der Waals surface area contributed by atoms with Gasteiger partial charge in [0.1, 0.15) is 30.1 Å². The molecule has 1 saturated heterocycles. The molecule has 0 aromatic heterocycles. The molecule has 2 rings (SSSR count). The van der Waals surface area contributed by atoms with Crippen LogP contribution in [0.15, 0.2) is 18.2 Å². The molecule has 7 heteroatoms. The molecule has 1 aliphatic rings. The van der Waals surface area contributed by atoms with Gasteiger partial charge in [0.25, 0.3) is 0 Å². The summed E-state index contributed by atoms with van der Waals surface area (Å²) < 4.78 is 11.3. The van der Waals surface area contributed by atoms with Crippen LogP contribution in [0.1, 0.15) is 18.1 Å². The molecule has 128 valence electrons. The van der Waals surface area contributed by atoms with Gasteiger partial charge in [0, 0.05) is 6.92 Å². The van der Waals surface area contributed by atoms with Crippen LogP contribution < -0.4 is 10.1 Å². The lowest BCUT2D eigenvalue weighted by Crippen LogP contribution is -2.65.